The Bertz CT molecular complexity index is 953. The molecule has 1 aliphatic rings. The number of rotatable bonds is 4. The van der Waals surface area contributed by atoms with Crippen LogP contribution in [0.4, 0.5) is 10.8 Å². The Balaban J connectivity index is 1.80. The Morgan fingerprint density at radius 3 is 2.81 bits per heavy atom. The lowest BCUT2D eigenvalue weighted by atomic mass is 9.73. The largest absolute Gasteiger partial charge is 0.301 e. The van der Waals surface area contributed by atoms with Crippen molar-refractivity contribution in [3.63, 3.8) is 0 Å². The van der Waals surface area contributed by atoms with Crippen LogP contribution < -0.4 is 5.32 Å². The topological polar surface area (TPSA) is 54.4 Å². The zero-order chi connectivity index (χ0) is 18.1. The fourth-order valence-electron chi connectivity index (χ4n) is 3.88. The van der Waals surface area contributed by atoms with Crippen molar-refractivity contribution in [3.05, 3.63) is 76.8 Å². The van der Waals surface area contributed by atoms with Crippen molar-refractivity contribution in [2.75, 3.05) is 5.32 Å². The molecule has 1 aliphatic carbocycles. The fourth-order valence-corrected chi connectivity index (χ4v) is 4.40. The first-order chi connectivity index (χ1) is 12.6. The van der Waals surface area contributed by atoms with E-state index in [4.69, 9.17) is 0 Å². The number of anilines is 1. The lowest BCUT2D eigenvalue weighted by molar-refractivity contribution is -0.125. The van der Waals surface area contributed by atoms with Crippen LogP contribution in [-0.4, -0.2) is 17.6 Å². The zero-order valence-corrected chi connectivity index (χ0v) is 15.3. The molecule has 2 aromatic carbocycles. The average Bonchev–Trinajstić information content (AvgIpc) is 3.27. The molecular formula is C21H19N3OS. The molecule has 0 bridgehead atoms. The molecule has 4 nitrogen and oxygen atoms in total. The molecule has 0 fully saturated rings. The van der Waals surface area contributed by atoms with Crippen LogP contribution in [0.5, 0.6) is 0 Å². The van der Waals surface area contributed by atoms with Crippen LogP contribution in [-0.2, 0) is 11.2 Å². The summed E-state index contributed by atoms with van der Waals surface area (Å²) in [6, 6.07) is 16.3. The molecule has 1 heterocycles. The standard InChI is InChI=1S/C21H19N3OS/c1-21(19(25)24-20-23-10-11-26-20)13-15-8-9-16(22-2)12-17(15)18(21)14-6-4-3-5-7-14/h3-12,18H,2,13H2,1H3,(H,23,24,25)/t18-,21+/m0/s1. The third-order valence-corrected chi connectivity index (χ3v) is 5.81. The molecule has 5 heteroatoms. The summed E-state index contributed by atoms with van der Waals surface area (Å²) in [5, 5.41) is 5.49. The molecule has 1 amide bonds. The molecule has 0 radical (unpaired) electrons. The van der Waals surface area contributed by atoms with Gasteiger partial charge in [0.15, 0.2) is 5.13 Å². The second kappa shape index (κ2) is 6.50. The Hall–Kier alpha value is -2.79. The summed E-state index contributed by atoms with van der Waals surface area (Å²) >= 11 is 1.43. The van der Waals surface area contributed by atoms with E-state index in [1.165, 1.54) is 16.9 Å². The molecule has 130 valence electrons. The van der Waals surface area contributed by atoms with Crippen molar-refractivity contribution >= 4 is 34.8 Å². The number of carbonyl (C=O) groups is 1. The van der Waals surface area contributed by atoms with Crippen molar-refractivity contribution in [2.24, 2.45) is 10.4 Å². The van der Waals surface area contributed by atoms with Gasteiger partial charge in [-0.3, -0.25) is 9.79 Å². The minimum absolute atomic E-state index is 0.00869. The molecule has 0 unspecified atom stereocenters. The first-order valence-electron chi connectivity index (χ1n) is 8.47. The van der Waals surface area contributed by atoms with E-state index in [9.17, 15) is 4.79 Å². The molecule has 1 N–H and O–H groups in total. The fraction of sp³-hybridized carbons (Fsp3) is 0.190. The maximum Gasteiger partial charge on any atom is 0.233 e. The molecule has 2 atom stereocenters. The summed E-state index contributed by atoms with van der Waals surface area (Å²) in [6.07, 6.45) is 2.37. The van der Waals surface area contributed by atoms with E-state index in [0.717, 1.165) is 16.8 Å². The highest BCUT2D eigenvalue weighted by molar-refractivity contribution is 7.13. The average molecular weight is 361 g/mol. The van der Waals surface area contributed by atoms with E-state index >= 15 is 0 Å². The number of benzene rings is 2. The van der Waals surface area contributed by atoms with Gasteiger partial charge in [-0.05, 0) is 48.9 Å². The number of aromatic nitrogens is 1. The molecule has 0 saturated carbocycles. The molecule has 0 saturated heterocycles. The van der Waals surface area contributed by atoms with Crippen molar-refractivity contribution in [3.8, 4) is 0 Å². The monoisotopic (exact) mass is 361 g/mol. The smallest absolute Gasteiger partial charge is 0.233 e. The zero-order valence-electron chi connectivity index (χ0n) is 14.5. The predicted molar refractivity (Wildman–Crippen MR) is 106 cm³/mol. The number of hydrogen-bond acceptors (Lipinski definition) is 4. The van der Waals surface area contributed by atoms with Crippen molar-refractivity contribution in [2.45, 2.75) is 19.3 Å². The van der Waals surface area contributed by atoms with E-state index in [2.05, 4.69) is 46.3 Å². The van der Waals surface area contributed by atoms with Crippen molar-refractivity contribution in [1.82, 2.24) is 4.98 Å². The molecule has 26 heavy (non-hydrogen) atoms. The van der Waals surface area contributed by atoms with E-state index in [0.29, 0.717) is 11.6 Å². The van der Waals surface area contributed by atoms with Gasteiger partial charge in [-0.15, -0.1) is 11.3 Å². The molecule has 0 spiro atoms. The van der Waals surface area contributed by atoms with Crippen LogP contribution in [0.1, 0.15) is 29.5 Å². The van der Waals surface area contributed by atoms with Gasteiger partial charge in [0.1, 0.15) is 0 Å². The summed E-state index contributed by atoms with van der Waals surface area (Å²) in [6.45, 7) is 5.68. The van der Waals surface area contributed by atoms with Crippen LogP contribution in [0, 0.1) is 5.41 Å². The molecule has 4 rings (SSSR count). The van der Waals surface area contributed by atoms with Gasteiger partial charge in [0.25, 0.3) is 0 Å². The minimum atomic E-state index is -0.602. The van der Waals surface area contributed by atoms with Gasteiger partial charge in [0, 0.05) is 17.5 Å². The second-order valence-electron chi connectivity index (χ2n) is 6.77. The lowest BCUT2D eigenvalue weighted by Gasteiger charge is -2.31. The van der Waals surface area contributed by atoms with Gasteiger partial charge >= 0.3 is 0 Å². The normalized spacial score (nSPS) is 21.2. The van der Waals surface area contributed by atoms with Crippen LogP contribution in [0.3, 0.4) is 0 Å². The second-order valence-corrected chi connectivity index (χ2v) is 7.67. The minimum Gasteiger partial charge on any atom is -0.301 e. The number of fused-ring (bicyclic) bond motifs is 1. The Morgan fingerprint density at radius 1 is 1.31 bits per heavy atom. The van der Waals surface area contributed by atoms with Crippen LogP contribution in [0.25, 0.3) is 0 Å². The summed E-state index contributed by atoms with van der Waals surface area (Å²) in [5.41, 5.74) is 3.69. The van der Waals surface area contributed by atoms with E-state index in [1.54, 1.807) is 6.20 Å². The third-order valence-electron chi connectivity index (χ3n) is 5.12. The van der Waals surface area contributed by atoms with Gasteiger partial charge in [-0.1, -0.05) is 36.4 Å². The van der Waals surface area contributed by atoms with Crippen molar-refractivity contribution < 1.29 is 4.79 Å². The number of hydrogen-bond donors (Lipinski definition) is 1. The summed E-state index contributed by atoms with van der Waals surface area (Å²) in [5.74, 6) is -0.0500. The van der Waals surface area contributed by atoms with Gasteiger partial charge in [-0.25, -0.2) is 4.98 Å². The highest BCUT2D eigenvalue weighted by Crippen LogP contribution is 2.52. The molecule has 3 aromatic rings. The SMILES string of the molecule is C=Nc1ccc2c(c1)[C@H](c1ccccc1)[C@](C)(C(=O)Nc1nccs1)C2. The summed E-state index contributed by atoms with van der Waals surface area (Å²) in [7, 11) is 0. The maximum atomic E-state index is 13.3. The first kappa shape index (κ1) is 16.7. The Morgan fingerprint density at radius 2 is 2.12 bits per heavy atom. The summed E-state index contributed by atoms with van der Waals surface area (Å²) in [4.78, 5) is 21.5. The molecule has 1 aromatic heterocycles. The number of nitrogens with one attached hydrogen (secondary N) is 1. The van der Waals surface area contributed by atoms with E-state index in [1.807, 2.05) is 36.6 Å². The van der Waals surface area contributed by atoms with Gasteiger partial charge in [-0.2, -0.15) is 0 Å². The number of nitrogens with zero attached hydrogens (tertiary/aromatic N) is 2. The van der Waals surface area contributed by atoms with E-state index < -0.39 is 5.41 Å². The van der Waals surface area contributed by atoms with E-state index in [-0.39, 0.29) is 11.8 Å². The number of thiazole rings is 1. The lowest BCUT2D eigenvalue weighted by Crippen LogP contribution is -2.37. The number of aliphatic imine (C=N–C) groups is 1. The highest BCUT2D eigenvalue weighted by Gasteiger charge is 2.48. The predicted octanol–water partition coefficient (Wildman–Crippen LogP) is 4.81. The highest BCUT2D eigenvalue weighted by atomic mass is 32.1. The van der Waals surface area contributed by atoms with Crippen molar-refractivity contribution in [1.29, 1.82) is 0 Å². The maximum absolute atomic E-state index is 13.3. The van der Waals surface area contributed by atoms with Gasteiger partial charge in [0.05, 0.1) is 11.1 Å². The molecule has 0 aliphatic heterocycles. The first-order valence-corrected chi connectivity index (χ1v) is 9.35. The van der Waals surface area contributed by atoms with Gasteiger partial charge in [0.2, 0.25) is 5.91 Å². The Labute approximate surface area is 156 Å². The summed E-state index contributed by atoms with van der Waals surface area (Å²) < 4.78 is 0. The Kier molecular flexibility index (Phi) is 4.17. The van der Waals surface area contributed by atoms with Crippen LogP contribution >= 0.6 is 11.3 Å². The molecular weight excluding hydrogens is 342 g/mol. The quantitative estimate of drug-likeness (QED) is 0.678. The van der Waals surface area contributed by atoms with Gasteiger partial charge < -0.3 is 5.32 Å². The number of carbonyl (C=O) groups excluding carboxylic acids is 1. The number of amides is 1. The van der Waals surface area contributed by atoms with Crippen LogP contribution in [0.2, 0.25) is 0 Å². The van der Waals surface area contributed by atoms with Crippen LogP contribution in [0.15, 0.2) is 65.1 Å². The third kappa shape index (κ3) is 2.74.